The third-order valence-corrected chi connectivity index (χ3v) is 4.90. The number of hydrogen-bond acceptors (Lipinski definition) is 3. The third kappa shape index (κ3) is 1.75. The molecule has 4 heteroatoms. The fraction of sp³-hybridized carbons (Fsp3) is 0.438. The van der Waals surface area contributed by atoms with Gasteiger partial charge in [-0.1, -0.05) is 18.2 Å². The van der Waals surface area contributed by atoms with E-state index in [1.165, 1.54) is 0 Å². The lowest BCUT2D eigenvalue weighted by atomic mass is 10.00. The number of aromatic nitrogens is 1. The van der Waals surface area contributed by atoms with Gasteiger partial charge < -0.3 is 15.0 Å². The number of pyridine rings is 1. The molecule has 3 unspecified atom stereocenters. The molecule has 3 atom stereocenters. The number of aliphatic hydroxyl groups excluding tert-OH is 1. The maximum Gasteiger partial charge on any atom is 0.257 e. The van der Waals surface area contributed by atoms with E-state index < -0.39 is 0 Å². The van der Waals surface area contributed by atoms with Crippen LogP contribution in [0.4, 0.5) is 5.82 Å². The van der Waals surface area contributed by atoms with Gasteiger partial charge in [0.1, 0.15) is 5.82 Å². The van der Waals surface area contributed by atoms with E-state index in [-0.39, 0.29) is 11.7 Å². The molecule has 1 aromatic carbocycles. The molecule has 2 aliphatic rings. The van der Waals surface area contributed by atoms with E-state index in [2.05, 4.69) is 9.88 Å². The summed E-state index contributed by atoms with van der Waals surface area (Å²) in [6.45, 7) is 1.79. The summed E-state index contributed by atoms with van der Waals surface area (Å²) in [4.78, 5) is 17.3. The highest BCUT2D eigenvalue weighted by Gasteiger charge is 2.42. The predicted octanol–water partition coefficient (Wildman–Crippen LogP) is 1.74. The van der Waals surface area contributed by atoms with Crippen molar-refractivity contribution < 1.29 is 5.11 Å². The number of nitrogens with one attached hydrogen (secondary N) is 1. The molecule has 2 aromatic rings. The van der Waals surface area contributed by atoms with E-state index in [1.54, 1.807) is 0 Å². The lowest BCUT2D eigenvalue weighted by Gasteiger charge is -2.20. The summed E-state index contributed by atoms with van der Waals surface area (Å²) in [6, 6.07) is 9.70. The Morgan fingerprint density at radius 2 is 2.05 bits per heavy atom. The SMILES string of the molecule is O=c1[nH]c(N2CC3CCC(O)C3C2)cc2ccccc12. The third-order valence-electron chi connectivity index (χ3n) is 4.90. The zero-order chi connectivity index (χ0) is 13.7. The van der Waals surface area contributed by atoms with Crippen molar-refractivity contribution >= 4 is 16.6 Å². The van der Waals surface area contributed by atoms with E-state index in [0.717, 1.165) is 42.5 Å². The van der Waals surface area contributed by atoms with E-state index in [1.807, 2.05) is 30.3 Å². The van der Waals surface area contributed by atoms with E-state index >= 15 is 0 Å². The van der Waals surface area contributed by atoms with Crippen molar-refractivity contribution in [2.75, 3.05) is 18.0 Å². The molecule has 0 radical (unpaired) electrons. The summed E-state index contributed by atoms with van der Waals surface area (Å²) in [5, 5.41) is 11.7. The van der Waals surface area contributed by atoms with Gasteiger partial charge >= 0.3 is 0 Å². The van der Waals surface area contributed by atoms with Gasteiger partial charge in [-0.3, -0.25) is 4.79 Å². The highest BCUT2D eigenvalue weighted by atomic mass is 16.3. The molecule has 2 fully saturated rings. The van der Waals surface area contributed by atoms with Crippen LogP contribution in [0.1, 0.15) is 12.8 Å². The summed E-state index contributed by atoms with van der Waals surface area (Å²) in [5.41, 5.74) is -0.0318. The standard InChI is InChI=1S/C16H18N2O2/c19-14-6-5-11-8-18(9-13(11)14)15-7-10-3-1-2-4-12(10)16(20)17-15/h1-4,7,11,13-14,19H,5-6,8-9H2,(H,17,20). The first-order chi connectivity index (χ1) is 9.72. The van der Waals surface area contributed by atoms with Crippen molar-refractivity contribution in [3.63, 3.8) is 0 Å². The Morgan fingerprint density at radius 1 is 1.20 bits per heavy atom. The van der Waals surface area contributed by atoms with Gasteiger partial charge in [0.05, 0.1) is 6.10 Å². The van der Waals surface area contributed by atoms with Crippen molar-refractivity contribution in [1.29, 1.82) is 0 Å². The maximum absolute atomic E-state index is 12.1. The summed E-state index contributed by atoms with van der Waals surface area (Å²) >= 11 is 0. The number of nitrogens with zero attached hydrogens (tertiary/aromatic N) is 1. The van der Waals surface area contributed by atoms with Crippen molar-refractivity contribution in [2.24, 2.45) is 11.8 Å². The van der Waals surface area contributed by atoms with Crippen molar-refractivity contribution in [3.05, 3.63) is 40.7 Å². The topological polar surface area (TPSA) is 56.3 Å². The van der Waals surface area contributed by atoms with Gasteiger partial charge in [0, 0.05) is 24.4 Å². The summed E-state index contributed by atoms with van der Waals surface area (Å²) < 4.78 is 0. The number of hydrogen-bond donors (Lipinski definition) is 2. The molecule has 4 rings (SSSR count). The van der Waals surface area contributed by atoms with Crippen LogP contribution in [0.2, 0.25) is 0 Å². The smallest absolute Gasteiger partial charge is 0.257 e. The largest absolute Gasteiger partial charge is 0.393 e. The Hall–Kier alpha value is -1.81. The Morgan fingerprint density at radius 3 is 2.90 bits per heavy atom. The Balaban J connectivity index is 1.71. The molecule has 0 amide bonds. The van der Waals surface area contributed by atoms with Crippen LogP contribution in [-0.2, 0) is 0 Å². The van der Waals surface area contributed by atoms with Crippen LogP contribution in [0.3, 0.4) is 0 Å². The van der Waals surface area contributed by atoms with E-state index in [0.29, 0.717) is 11.8 Å². The molecule has 1 aromatic heterocycles. The van der Waals surface area contributed by atoms with E-state index in [4.69, 9.17) is 0 Å². The molecule has 4 nitrogen and oxygen atoms in total. The highest BCUT2D eigenvalue weighted by Crippen LogP contribution is 2.39. The number of aliphatic hydroxyl groups is 1. The second-order valence-corrected chi connectivity index (χ2v) is 6.04. The first-order valence-corrected chi connectivity index (χ1v) is 7.27. The first-order valence-electron chi connectivity index (χ1n) is 7.27. The fourth-order valence-electron chi connectivity index (χ4n) is 3.80. The van der Waals surface area contributed by atoms with Gasteiger partial charge in [-0.2, -0.15) is 0 Å². The minimum atomic E-state index is -0.169. The number of fused-ring (bicyclic) bond motifs is 2. The minimum absolute atomic E-state index is 0.0318. The van der Waals surface area contributed by atoms with Crippen LogP contribution in [0.25, 0.3) is 10.8 Å². The predicted molar refractivity (Wildman–Crippen MR) is 79.0 cm³/mol. The summed E-state index contributed by atoms with van der Waals surface area (Å²) in [6.07, 6.45) is 1.86. The van der Waals surface area contributed by atoms with Crippen LogP contribution in [0.5, 0.6) is 0 Å². The molecule has 104 valence electrons. The Bertz CT molecular complexity index is 709. The second-order valence-electron chi connectivity index (χ2n) is 6.04. The zero-order valence-electron chi connectivity index (χ0n) is 11.2. The Labute approximate surface area is 117 Å². The molecule has 0 spiro atoms. The quantitative estimate of drug-likeness (QED) is 0.830. The zero-order valence-corrected chi connectivity index (χ0v) is 11.2. The van der Waals surface area contributed by atoms with Gasteiger partial charge in [-0.15, -0.1) is 0 Å². The number of H-pyrrole nitrogens is 1. The molecule has 20 heavy (non-hydrogen) atoms. The van der Waals surface area contributed by atoms with Gasteiger partial charge in [0.2, 0.25) is 0 Å². The Kier molecular flexibility index (Phi) is 2.60. The number of rotatable bonds is 1. The number of aromatic amines is 1. The highest BCUT2D eigenvalue weighted by molar-refractivity contribution is 5.83. The average molecular weight is 270 g/mol. The normalized spacial score (nSPS) is 29.1. The molecular weight excluding hydrogens is 252 g/mol. The van der Waals surface area contributed by atoms with Gasteiger partial charge in [-0.05, 0) is 36.3 Å². The van der Waals surface area contributed by atoms with Crippen molar-refractivity contribution in [1.82, 2.24) is 4.98 Å². The van der Waals surface area contributed by atoms with Crippen LogP contribution in [-0.4, -0.2) is 29.3 Å². The van der Waals surface area contributed by atoms with Crippen LogP contribution >= 0.6 is 0 Å². The lowest BCUT2D eigenvalue weighted by molar-refractivity contribution is 0.133. The molecule has 2 heterocycles. The van der Waals surface area contributed by atoms with Gasteiger partial charge in [0.25, 0.3) is 5.56 Å². The van der Waals surface area contributed by atoms with Gasteiger partial charge in [0.15, 0.2) is 0 Å². The summed E-state index contributed by atoms with van der Waals surface area (Å²) in [7, 11) is 0. The van der Waals surface area contributed by atoms with Crippen LogP contribution < -0.4 is 10.5 Å². The van der Waals surface area contributed by atoms with Gasteiger partial charge in [-0.25, -0.2) is 0 Å². The first kappa shape index (κ1) is 12.0. The van der Waals surface area contributed by atoms with E-state index in [9.17, 15) is 9.90 Å². The second kappa shape index (κ2) is 4.35. The van der Waals surface area contributed by atoms with Crippen LogP contribution in [0, 0.1) is 11.8 Å². The fourth-order valence-corrected chi connectivity index (χ4v) is 3.80. The molecule has 1 saturated heterocycles. The summed E-state index contributed by atoms with van der Waals surface area (Å²) in [5.74, 6) is 1.82. The molecule has 2 N–H and O–H groups in total. The maximum atomic E-state index is 12.1. The minimum Gasteiger partial charge on any atom is -0.393 e. The monoisotopic (exact) mass is 270 g/mol. The molecule has 1 aliphatic heterocycles. The molecular formula is C16H18N2O2. The average Bonchev–Trinajstić information content (AvgIpc) is 3.02. The molecule has 1 saturated carbocycles. The van der Waals surface area contributed by atoms with Crippen LogP contribution in [0.15, 0.2) is 35.1 Å². The number of anilines is 1. The van der Waals surface area contributed by atoms with Crippen molar-refractivity contribution in [2.45, 2.75) is 18.9 Å². The molecule has 1 aliphatic carbocycles. The number of benzene rings is 1. The molecule has 0 bridgehead atoms. The lowest BCUT2D eigenvalue weighted by Crippen LogP contribution is -2.26. The van der Waals surface area contributed by atoms with Crippen molar-refractivity contribution in [3.8, 4) is 0 Å².